The van der Waals surface area contributed by atoms with E-state index in [0.29, 0.717) is 11.9 Å². The van der Waals surface area contributed by atoms with Gasteiger partial charge in [0.05, 0.1) is 12.1 Å². The molecule has 2 unspecified atom stereocenters. The largest absolute Gasteiger partial charge is 0.369 e. The number of guanidine groups is 1. The average molecular weight is 259 g/mol. The Hall–Kier alpha value is -1.51. The van der Waals surface area contributed by atoms with Crippen LogP contribution in [0.1, 0.15) is 40.0 Å². The summed E-state index contributed by atoms with van der Waals surface area (Å²) in [5.41, 5.74) is 7.37. The first kappa shape index (κ1) is 13.9. The summed E-state index contributed by atoms with van der Waals surface area (Å²) in [5, 5.41) is 0. The fraction of sp³-hybridized carbons (Fsp3) is 0.562. The number of rotatable bonds is 5. The number of aliphatic imine (C=N–C) groups is 1. The van der Waals surface area contributed by atoms with Crippen LogP contribution in [0.5, 0.6) is 0 Å². The van der Waals surface area contributed by atoms with E-state index in [1.807, 2.05) is 6.07 Å². The minimum Gasteiger partial charge on any atom is -0.369 e. The molecule has 0 spiro atoms. The molecule has 104 valence electrons. The maximum Gasteiger partial charge on any atom is 0.196 e. The highest BCUT2D eigenvalue weighted by atomic mass is 15.4. The van der Waals surface area contributed by atoms with Gasteiger partial charge in [-0.1, -0.05) is 45.4 Å². The van der Waals surface area contributed by atoms with Gasteiger partial charge in [0.25, 0.3) is 0 Å². The molecule has 0 fully saturated rings. The molecule has 2 rings (SSSR count). The Morgan fingerprint density at radius 3 is 2.58 bits per heavy atom. The van der Waals surface area contributed by atoms with E-state index in [2.05, 4.69) is 54.9 Å². The lowest BCUT2D eigenvalue weighted by Crippen LogP contribution is -2.52. The number of hydrogen-bond donors (Lipinski definition) is 1. The van der Waals surface area contributed by atoms with E-state index in [1.165, 1.54) is 6.42 Å². The molecule has 0 bridgehead atoms. The molecule has 2 N–H and O–H groups in total. The van der Waals surface area contributed by atoms with Crippen LogP contribution in [0.25, 0.3) is 0 Å². The van der Waals surface area contributed by atoms with Gasteiger partial charge in [-0.25, -0.2) is 0 Å². The normalized spacial score (nSPS) is 24.4. The van der Waals surface area contributed by atoms with Gasteiger partial charge in [0, 0.05) is 5.69 Å². The zero-order valence-electron chi connectivity index (χ0n) is 12.3. The second-order valence-electron chi connectivity index (χ2n) is 5.64. The summed E-state index contributed by atoms with van der Waals surface area (Å²) in [7, 11) is 0. The van der Waals surface area contributed by atoms with Crippen LogP contribution in [-0.2, 0) is 0 Å². The maximum absolute atomic E-state index is 6.16. The Balaban J connectivity index is 2.33. The van der Waals surface area contributed by atoms with Gasteiger partial charge in [0.15, 0.2) is 5.96 Å². The molecule has 1 aliphatic rings. The second kappa shape index (κ2) is 5.64. The molecule has 1 aromatic rings. The number of nitrogens with two attached hydrogens (primary N) is 1. The molecule has 1 aromatic carbocycles. The summed E-state index contributed by atoms with van der Waals surface area (Å²) in [4.78, 5) is 6.78. The zero-order valence-corrected chi connectivity index (χ0v) is 12.3. The fourth-order valence-corrected chi connectivity index (χ4v) is 2.96. The van der Waals surface area contributed by atoms with Gasteiger partial charge in [0.1, 0.15) is 0 Å². The Labute approximate surface area is 116 Å². The molecule has 3 nitrogen and oxygen atoms in total. The zero-order chi connectivity index (χ0) is 13.9. The van der Waals surface area contributed by atoms with Crippen LogP contribution in [0, 0.1) is 5.92 Å². The summed E-state index contributed by atoms with van der Waals surface area (Å²) in [6.07, 6.45) is 3.40. The van der Waals surface area contributed by atoms with Gasteiger partial charge in [-0.2, -0.15) is 0 Å². The standard InChI is InChI=1S/C16H25N3/c1-4-13(3)11-16(5-2)12-18-15(17)19(16)14-9-7-6-8-10-14/h6-10,13H,4-5,11-12H2,1-3H3,(H2,17,18). The van der Waals surface area contributed by atoms with Crippen molar-refractivity contribution in [1.82, 2.24) is 0 Å². The van der Waals surface area contributed by atoms with E-state index in [4.69, 9.17) is 5.73 Å². The molecular weight excluding hydrogens is 234 g/mol. The molecule has 0 saturated carbocycles. The Morgan fingerprint density at radius 1 is 1.32 bits per heavy atom. The van der Waals surface area contributed by atoms with Crippen LogP contribution in [0.15, 0.2) is 35.3 Å². The molecule has 1 heterocycles. The molecule has 1 aliphatic heterocycles. The molecule has 2 atom stereocenters. The van der Waals surface area contributed by atoms with Crippen LogP contribution in [0.4, 0.5) is 5.69 Å². The summed E-state index contributed by atoms with van der Waals surface area (Å²) < 4.78 is 0. The van der Waals surface area contributed by atoms with E-state index < -0.39 is 0 Å². The maximum atomic E-state index is 6.16. The van der Waals surface area contributed by atoms with E-state index in [1.54, 1.807) is 0 Å². The highest BCUT2D eigenvalue weighted by Crippen LogP contribution is 2.36. The molecule has 3 heteroatoms. The van der Waals surface area contributed by atoms with Gasteiger partial charge in [-0.3, -0.25) is 4.99 Å². The number of para-hydroxylation sites is 1. The van der Waals surface area contributed by atoms with Crippen molar-refractivity contribution in [1.29, 1.82) is 0 Å². The van der Waals surface area contributed by atoms with Crippen molar-refractivity contribution in [2.75, 3.05) is 11.4 Å². The van der Waals surface area contributed by atoms with Gasteiger partial charge >= 0.3 is 0 Å². The highest BCUT2D eigenvalue weighted by Gasteiger charge is 2.42. The topological polar surface area (TPSA) is 41.6 Å². The van der Waals surface area contributed by atoms with Gasteiger partial charge < -0.3 is 10.6 Å². The molecular formula is C16H25N3. The minimum atomic E-state index is 0.0564. The van der Waals surface area contributed by atoms with E-state index in [0.717, 1.165) is 25.1 Å². The Morgan fingerprint density at radius 2 is 2.00 bits per heavy atom. The molecule has 0 amide bonds. The van der Waals surface area contributed by atoms with Crippen molar-refractivity contribution in [3.63, 3.8) is 0 Å². The third kappa shape index (κ3) is 2.60. The smallest absolute Gasteiger partial charge is 0.196 e. The molecule has 0 aromatic heterocycles. The van der Waals surface area contributed by atoms with Crippen LogP contribution < -0.4 is 10.6 Å². The summed E-state index contributed by atoms with van der Waals surface area (Å²) >= 11 is 0. The number of benzene rings is 1. The highest BCUT2D eigenvalue weighted by molar-refractivity contribution is 5.98. The van der Waals surface area contributed by atoms with Gasteiger partial charge in [-0.15, -0.1) is 0 Å². The van der Waals surface area contributed by atoms with Crippen molar-refractivity contribution in [3.8, 4) is 0 Å². The van der Waals surface area contributed by atoms with Crippen molar-refractivity contribution in [2.45, 2.75) is 45.6 Å². The van der Waals surface area contributed by atoms with Gasteiger partial charge in [0.2, 0.25) is 0 Å². The third-order valence-corrected chi connectivity index (χ3v) is 4.34. The minimum absolute atomic E-state index is 0.0564. The monoisotopic (exact) mass is 259 g/mol. The van der Waals surface area contributed by atoms with E-state index in [-0.39, 0.29) is 5.54 Å². The first-order valence-electron chi connectivity index (χ1n) is 7.28. The van der Waals surface area contributed by atoms with E-state index >= 15 is 0 Å². The number of hydrogen-bond acceptors (Lipinski definition) is 3. The first-order valence-corrected chi connectivity index (χ1v) is 7.28. The number of anilines is 1. The average Bonchev–Trinajstić information content (AvgIpc) is 2.77. The summed E-state index contributed by atoms with van der Waals surface area (Å²) in [6, 6.07) is 10.4. The van der Waals surface area contributed by atoms with Crippen LogP contribution >= 0.6 is 0 Å². The molecule has 0 aliphatic carbocycles. The van der Waals surface area contributed by atoms with Crippen LogP contribution in [0.2, 0.25) is 0 Å². The summed E-state index contributed by atoms with van der Waals surface area (Å²) in [6.45, 7) is 7.62. The van der Waals surface area contributed by atoms with Crippen molar-refractivity contribution in [3.05, 3.63) is 30.3 Å². The predicted octanol–water partition coefficient (Wildman–Crippen LogP) is 3.41. The van der Waals surface area contributed by atoms with Crippen molar-refractivity contribution >= 4 is 11.6 Å². The lowest BCUT2D eigenvalue weighted by Gasteiger charge is -2.40. The number of nitrogens with zero attached hydrogens (tertiary/aromatic N) is 2. The van der Waals surface area contributed by atoms with Crippen LogP contribution in [0.3, 0.4) is 0 Å². The lowest BCUT2D eigenvalue weighted by molar-refractivity contribution is 0.333. The molecule has 19 heavy (non-hydrogen) atoms. The Kier molecular flexibility index (Phi) is 4.13. The predicted molar refractivity (Wildman–Crippen MR) is 82.5 cm³/mol. The summed E-state index contributed by atoms with van der Waals surface area (Å²) in [5.74, 6) is 1.35. The fourth-order valence-electron chi connectivity index (χ4n) is 2.96. The quantitative estimate of drug-likeness (QED) is 0.880. The van der Waals surface area contributed by atoms with Crippen LogP contribution in [-0.4, -0.2) is 18.0 Å². The van der Waals surface area contributed by atoms with E-state index in [9.17, 15) is 0 Å². The molecule has 0 radical (unpaired) electrons. The first-order chi connectivity index (χ1) is 9.13. The van der Waals surface area contributed by atoms with Crippen molar-refractivity contribution in [2.24, 2.45) is 16.6 Å². The lowest BCUT2D eigenvalue weighted by atomic mass is 9.83. The molecule has 0 saturated heterocycles. The second-order valence-corrected chi connectivity index (χ2v) is 5.64. The van der Waals surface area contributed by atoms with Gasteiger partial charge in [-0.05, 0) is 30.9 Å². The SMILES string of the molecule is CCC(C)CC1(CC)CN=C(N)N1c1ccccc1. The third-order valence-electron chi connectivity index (χ3n) is 4.34. The Bertz CT molecular complexity index is 441. The van der Waals surface area contributed by atoms with Crippen molar-refractivity contribution < 1.29 is 0 Å².